The number of benzene rings is 3. The molecule has 6 nitrogen and oxygen atoms in total. The van der Waals surface area contributed by atoms with Gasteiger partial charge in [-0.3, -0.25) is 0 Å². The lowest BCUT2D eigenvalue weighted by molar-refractivity contribution is 0.225. The fraction of sp³-hybridized carbons (Fsp3) is 0.192. The molecule has 1 aliphatic rings. The van der Waals surface area contributed by atoms with Crippen LogP contribution in [-0.4, -0.2) is 28.0 Å². The molecule has 33 heavy (non-hydrogen) atoms. The van der Waals surface area contributed by atoms with Gasteiger partial charge in [-0.2, -0.15) is 4.98 Å². The molecule has 0 aliphatic carbocycles. The molecule has 0 fully saturated rings. The predicted molar refractivity (Wildman–Crippen MR) is 134 cm³/mol. The van der Waals surface area contributed by atoms with Gasteiger partial charge in [-0.25, -0.2) is 0 Å². The van der Waals surface area contributed by atoms with Crippen molar-refractivity contribution in [2.24, 2.45) is 0 Å². The highest BCUT2D eigenvalue weighted by Gasteiger charge is 2.26. The van der Waals surface area contributed by atoms with E-state index < -0.39 is 6.23 Å². The monoisotopic (exact) mass is 455 g/mol. The predicted octanol–water partition coefficient (Wildman–Crippen LogP) is 5.79. The molecule has 3 aromatic carbocycles. The van der Waals surface area contributed by atoms with E-state index in [0.29, 0.717) is 16.7 Å². The molecule has 5 rings (SSSR count). The Morgan fingerprint density at radius 1 is 0.939 bits per heavy atom. The van der Waals surface area contributed by atoms with Gasteiger partial charge in [0, 0.05) is 35.6 Å². The zero-order valence-corrected chi connectivity index (χ0v) is 19.4. The average Bonchev–Trinajstić information content (AvgIpc) is 3.04. The second-order valence-corrected chi connectivity index (χ2v) is 8.50. The summed E-state index contributed by atoms with van der Waals surface area (Å²) in [6, 6.07) is 27.1. The summed E-state index contributed by atoms with van der Waals surface area (Å²) in [7, 11) is 0. The van der Waals surface area contributed by atoms with Crippen LogP contribution in [-0.2, 0) is 6.54 Å². The summed E-state index contributed by atoms with van der Waals surface area (Å²) >= 11 is 1.44. The maximum Gasteiger partial charge on any atom is 0.247 e. The highest BCUT2D eigenvalue weighted by molar-refractivity contribution is 7.98. The fourth-order valence-electron chi connectivity index (χ4n) is 3.93. The summed E-state index contributed by atoms with van der Waals surface area (Å²) in [6.45, 7) is 3.97. The van der Waals surface area contributed by atoms with Gasteiger partial charge in [0.1, 0.15) is 0 Å². The first-order chi connectivity index (χ1) is 16.2. The third-order valence-corrected chi connectivity index (χ3v) is 6.21. The molecular weight excluding hydrogens is 430 g/mol. The molecule has 2 heterocycles. The van der Waals surface area contributed by atoms with Crippen LogP contribution in [0.3, 0.4) is 0 Å². The minimum Gasteiger partial charge on any atom is -0.448 e. The summed E-state index contributed by atoms with van der Waals surface area (Å²) in [6.07, 6.45) is 1.54. The van der Waals surface area contributed by atoms with Crippen molar-refractivity contribution in [1.29, 1.82) is 0 Å². The topological polar surface area (TPSA) is 63.2 Å². The second kappa shape index (κ2) is 9.50. The van der Waals surface area contributed by atoms with Gasteiger partial charge in [-0.15, -0.1) is 10.2 Å². The van der Waals surface area contributed by atoms with E-state index in [1.807, 2.05) is 36.6 Å². The van der Waals surface area contributed by atoms with Crippen molar-refractivity contribution >= 4 is 23.1 Å². The summed E-state index contributed by atoms with van der Waals surface area (Å²) < 4.78 is 6.34. The molecule has 7 heteroatoms. The number of ether oxygens (including phenoxy) is 1. The van der Waals surface area contributed by atoms with Crippen molar-refractivity contribution in [1.82, 2.24) is 15.2 Å². The summed E-state index contributed by atoms with van der Waals surface area (Å²) in [4.78, 5) is 6.95. The van der Waals surface area contributed by atoms with E-state index >= 15 is 0 Å². The first-order valence-electron chi connectivity index (χ1n) is 11.0. The Kier molecular flexibility index (Phi) is 6.13. The number of anilines is 2. The third kappa shape index (κ3) is 4.50. The first kappa shape index (κ1) is 21.3. The molecule has 0 saturated carbocycles. The Labute approximate surface area is 198 Å². The molecule has 0 unspecified atom stereocenters. The number of nitrogens with one attached hydrogen (secondary N) is 1. The summed E-state index contributed by atoms with van der Waals surface area (Å²) in [5.41, 5.74) is 6.00. The zero-order valence-electron chi connectivity index (χ0n) is 18.6. The highest BCUT2D eigenvalue weighted by Crippen LogP contribution is 2.39. The number of para-hydroxylation sites is 1. The van der Waals surface area contributed by atoms with Crippen molar-refractivity contribution < 1.29 is 4.74 Å². The SMILES string of the molecule is CCN(Cc1ccccc1)c1ccc([C@H]2Nc3ccccc3-c3nnc(SC)nc3O2)cc1. The maximum absolute atomic E-state index is 6.34. The van der Waals surface area contributed by atoms with E-state index in [9.17, 15) is 0 Å². The number of aromatic nitrogens is 3. The Bertz CT molecular complexity index is 1230. The lowest BCUT2D eigenvalue weighted by atomic mass is 10.1. The third-order valence-electron chi connectivity index (χ3n) is 5.68. The van der Waals surface area contributed by atoms with Crippen LogP contribution < -0.4 is 15.0 Å². The number of hydrogen-bond acceptors (Lipinski definition) is 7. The van der Waals surface area contributed by atoms with Crippen LogP contribution in [0.5, 0.6) is 5.88 Å². The number of fused-ring (bicyclic) bond motifs is 3. The molecular formula is C26H25N5OS. The molecule has 0 spiro atoms. The minimum atomic E-state index is -0.392. The number of hydrogen-bond donors (Lipinski definition) is 1. The molecule has 1 aliphatic heterocycles. The highest BCUT2D eigenvalue weighted by atomic mass is 32.2. The van der Waals surface area contributed by atoms with Gasteiger partial charge in [0.15, 0.2) is 11.9 Å². The van der Waals surface area contributed by atoms with Gasteiger partial charge in [0.25, 0.3) is 0 Å². The lowest BCUT2D eigenvalue weighted by Crippen LogP contribution is -2.22. The van der Waals surface area contributed by atoms with E-state index in [-0.39, 0.29) is 0 Å². The lowest BCUT2D eigenvalue weighted by Gasteiger charge is -2.25. The van der Waals surface area contributed by atoms with Crippen molar-refractivity contribution in [2.75, 3.05) is 23.0 Å². The van der Waals surface area contributed by atoms with Crippen LogP contribution in [0.4, 0.5) is 11.4 Å². The number of rotatable bonds is 6. The second-order valence-electron chi connectivity index (χ2n) is 7.73. The van der Waals surface area contributed by atoms with Crippen LogP contribution in [0, 0.1) is 0 Å². The van der Waals surface area contributed by atoms with E-state index in [1.165, 1.54) is 23.0 Å². The van der Waals surface area contributed by atoms with Crippen molar-refractivity contribution in [3.05, 3.63) is 90.0 Å². The molecule has 0 bridgehead atoms. The van der Waals surface area contributed by atoms with Crippen LogP contribution in [0.2, 0.25) is 0 Å². The molecule has 0 saturated heterocycles. The molecule has 0 radical (unpaired) electrons. The van der Waals surface area contributed by atoms with Gasteiger partial charge in [-0.1, -0.05) is 72.4 Å². The molecule has 1 aromatic heterocycles. The molecule has 4 aromatic rings. The van der Waals surface area contributed by atoms with Crippen LogP contribution in [0.25, 0.3) is 11.3 Å². The number of nitrogens with zero attached hydrogens (tertiary/aromatic N) is 4. The Morgan fingerprint density at radius 3 is 2.45 bits per heavy atom. The van der Waals surface area contributed by atoms with Gasteiger partial charge in [0.2, 0.25) is 11.0 Å². The minimum absolute atomic E-state index is 0.392. The van der Waals surface area contributed by atoms with E-state index in [4.69, 9.17) is 4.74 Å². The quantitative estimate of drug-likeness (QED) is 0.369. The fourth-order valence-corrected chi connectivity index (χ4v) is 4.23. The Morgan fingerprint density at radius 2 is 1.70 bits per heavy atom. The molecule has 1 N–H and O–H groups in total. The van der Waals surface area contributed by atoms with E-state index in [2.05, 4.69) is 80.9 Å². The summed E-state index contributed by atoms with van der Waals surface area (Å²) in [5.74, 6) is 0.486. The summed E-state index contributed by atoms with van der Waals surface area (Å²) in [5, 5.41) is 12.7. The van der Waals surface area contributed by atoms with Crippen LogP contribution in [0.15, 0.2) is 84.0 Å². The largest absolute Gasteiger partial charge is 0.448 e. The molecule has 1 atom stereocenters. The van der Waals surface area contributed by atoms with E-state index in [1.54, 1.807) is 0 Å². The maximum atomic E-state index is 6.34. The Hall–Kier alpha value is -3.58. The number of thioether (sulfide) groups is 1. The molecule has 166 valence electrons. The van der Waals surface area contributed by atoms with Gasteiger partial charge in [0.05, 0.1) is 0 Å². The Balaban J connectivity index is 1.44. The zero-order chi connectivity index (χ0) is 22.6. The van der Waals surface area contributed by atoms with Crippen molar-refractivity contribution in [3.8, 4) is 17.1 Å². The normalized spacial score (nSPS) is 14.3. The first-order valence-corrected chi connectivity index (χ1v) is 12.2. The van der Waals surface area contributed by atoms with Crippen molar-refractivity contribution in [3.63, 3.8) is 0 Å². The smallest absolute Gasteiger partial charge is 0.247 e. The van der Waals surface area contributed by atoms with Gasteiger partial charge < -0.3 is 15.0 Å². The van der Waals surface area contributed by atoms with Crippen LogP contribution >= 0.6 is 11.8 Å². The van der Waals surface area contributed by atoms with E-state index in [0.717, 1.165) is 29.9 Å². The van der Waals surface area contributed by atoms with Crippen LogP contribution in [0.1, 0.15) is 24.3 Å². The van der Waals surface area contributed by atoms with Crippen molar-refractivity contribution in [2.45, 2.75) is 24.9 Å². The molecule has 0 amide bonds. The van der Waals surface area contributed by atoms with Gasteiger partial charge in [-0.05, 0) is 36.9 Å². The average molecular weight is 456 g/mol. The van der Waals surface area contributed by atoms with Gasteiger partial charge >= 0.3 is 0 Å². The standard InChI is InChI=1S/C26H25N5OS/c1-3-31(17-18-9-5-4-6-10-18)20-15-13-19(14-16-20)24-27-22-12-8-7-11-21(22)23-25(32-24)28-26(33-2)30-29-23/h4-16,24,27H,3,17H2,1-2H3/t24-/m0/s1.